The Labute approximate surface area is 197 Å². The zero-order valence-electron chi connectivity index (χ0n) is 18.1. The zero-order chi connectivity index (χ0) is 22.4. The molecule has 33 heavy (non-hydrogen) atoms. The van der Waals surface area contributed by atoms with Crippen LogP contribution in [0.2, 0.25) is 5.02 Å². The molecule has 0 aliphatic carbocycles. The first-order valence-corrected chi connectivity index (χ1v) is 11.7. The lowest BCUT2D eigenvalue weighted by Crippen LogP contribution is -2.40. The number of nitrogens with one attached hydrogen (secondary N) is 1. The SMILES string of the molecule is O=C(c1cn(Cc2ccccn2)c2cc(Cl)ccc12)[C@@H]1OC2(CCNCC2)c2ccccc21. The molecule has 1 saturated heterocycles. The predicted molar refractivity (Wildman–Crippen MR) is 129 cm³/mol. The summed E-state index contributed by atoms with van der Waals surface area (Å²) in [7, 11) is 0. The van der Waals surface area contributed by atoms with Crippen molar-refractivity contribution < 1.29 is 9.53 Å². The number of carbonyl (C=O) groups excluding carboxylic acids is 1. The van der Waals surface area contributed by atoms with Gasteiger partial charge in [0.2, 0.25) is 0 Å². The smallest absolute Gasteiger partial charge is 0.198 e. The second-order valence-corrected chi connectivity index (χ2v) is 9.28. The van der Waals surface area contributed by atoms with Crippen molar-refractivity contribution in [3.05, 3.63) is 100 Å². The van der Waals surface area contributed by atoms with Crippen LogP contribution in [-0.4, -0.2) is 28.4 Å². The van der Waals surface area contributed by atoms with Gasteiger partial charge in [-0.15, -0.1) is 0 Å². The molecule has 0 unspecified atom stereocenters. The van der Waals surface area contributed by atoms with E-state index in [-0.39, 0.29) is 5.78 Å². The summed E-state index contributed by atoms with van der Waals surface area (Å²) < 4.78 is 8.69. The van der Waals surface area contributed by atoms with Crippen molar-refractivity contribution in [3.8, 4) is 0 Å². The van der Waals surface area contributed by atoms with Crippen molar-refractivity contribution >= 4 is 28.3 Å². The average molecular weight is 458 g/mol. The molecule has 0 saturated carbocycles. The highest BCUT2D eigenvalue weighted by Crippen LogP contribution is 2.49. The molecule has 2 aliphatic heterocycles. The van der Waals surface area contributed by atoms with Crippen LogP contribution in [0.15, 0.2) is 73.1 Å². The predicted octanol–water partition coefficient (Wildman–Crippen LogP) is 5.27. The van der Waals surface area contributed by atoms with Gasteiger partial charge in [-0.05, 0) is 61.3 Å². The highest BCUT2D eigenvalue weighted by molar-refractivity contribution is 6.31. The first-order valence-electron chi connectivity index (χ1n) is 11.4. The van der Waals surface area contributed by atoms with Gasteiger partial charge in [0.05, 0.1) is 23.4 Å². The molecular weight excluding hydrogens is 434 g/mol. The van der Waals surface area contributed by atoms with Crippen LogP contribution in [0.25, 0.3) is 10.9 Å². The van der Waals surface area contributed by atoms with Gasteiger partial charge in [0, 0.05) is 28.4 Å². The topological polar surface area (TPSA) is 56.2 Å². The summed E-state index contributed by atoms with van der Waals surface area (Å²) in [6.07, 6.45) is 4.83. The standard InChI is InChI=1S/C27H24ClN3O2/c28-18-8-9-20-22(17-31(24(20)15-18)16-19-5-3-4-12-30-19)25(32)26-21-6-1-2-7-23(21)27(33-26)10-13-29-14-11-27/h1-9,12,15,17,26,29H,10-11,13-14,16H2/t26-/m1/s1. The number of ether oxygens (including phenoxy) is 1. The Morgan fingerprint density at radius 3 is 2.76 bits per heavy atom. The minimum Gasteiger partial charge on any atom is -0.354 e. The second kappa shape index (κ2) is 8.10. The number of rotatable bonds is 4. The van der Waals surface area contributed by atoms with Gasteiger partial charge in [0.1, 0.15) is 6.10 Å². The van der Waals surface area contributed by atoms with Crippen molar-refractivity contribution in [1.29, 1.82) is 0 Å². The number of piperidine rings is 1. The lowest BCUT2D eigenvalue weighted by atomic mass is 9.84. The maximum absolute atomic E-state index is 14.0. The fourth-order valence-electron chi connectivity index (χ4n) is 5.31. The lowest BCUT2D eigenvalue weighted by molar-refractivity contribution is -0.0805. The number of benzene rings is 2. The number of carbonyl (C=O) groups is 1. The molecule has 4 aromatic rings. The van der Waals surface area contributed by atoms with Crippen LogP contribution < -0.4 is 5.32 Å². The molecule has 1 atom stereocenters. The van der Waals surface area contributed by atoms with E-state index in [1.54, 1.807) is 6.20 Å². The maximum atomic E-state index is 14.0. The van der Waals surface area contributed by atoms with Gasteiger partial charge in [-0.2, -0.15) is 0 Å². The summed E-state index contributed by atoms with van der Waals surface area (Å²) in [5, 5.41) is 4.93. The number of hydrogen-bond acceptors (Lipinski definition) is 4. The van der Waals surface area contributed by atoms with Crippen LogP contribution in [0.4, 0.5) is 0 Å². The molecule has 1 spiro atoms. The first-order chi connectivity index (χ1) is 16.1. The van der Waals surface area contributed by atoms with Crippen molar-refractivity contribution in [1.82, 2.24) is 14.9 Å². The fourth-order valence-corrected chi connectivity index (χ4v) is 5.47. The minimum absolute atomic E-state index is 0.00930. The number of hydrogen-bond donors (Lipinski definition) is 1. The van der Waals surface area contributed by atoms with E-state index in [1.165, 1.54) is 0 Å². The van der Waals surface area contributed by atoms with Crippen molar-refractivity contribution in [3.63, 3.8) is 0 Å². The third-order valence-corrected chi connectivity index (χ3v) is 7.13. The minimum atomic E-state index is -0.608. The third-order valence-electron chi connectivity index (χ3n) is 6.90. The zero-order valence-corrected chi connectivity index (χ0v) is 18.9. The average Bonchev–Trinajstić information content (AvgIpc) is 3.36. The number of pyridine rings is 1. The Bertz CT molecular complexity index is 1340. The molecule has 1 fully saturated rings. The van der Waals surface area contributed by atoms with Gasteiger partial charge in [0.15, 0.2) is 5.78 Å². The molecule has 2 aromatic heterocycles. The van der Waals surface area contributed by atoms with E-state index in [1.807, 2.05) is 60.8 Å². The summed E-state index contributed by atoms with van der Waals surface area (Å²) in [5.41, 5.74) is 4.25. The van der Waals surface area contributed by atoms with Crippen molar-refractivity contribution in [2.45, 2.75) is 31.1 Å². The molecule has 166 valence electrons. The number of nitrogens with zero attached hydrogens (tertiary/aromatic N) is 2. The van der Waals surface area contributed by atoms with Gasteiger partial charge < -0.3 is 14.6 Å². The third kappa shape index (κ3) is 3.48. The Kier molecular flexibility index (Phi) is 5.06. The van der Waals surface area contributed by atoms with Crippen LogP contribution in [0.5, 0.6) is 0 Å². The summed E-state index contributed by atoms with van der Waals surface area (Å²) >= 11 is 6.33. The van der Waals surface area contributed by atoms with E-state index >= 15 is 0 Å². The van der Waals surface area contributed by atoms with Gasteiger partial charge in [0.25, 0.3) is 0 Å². The largest absolute Gasteiger partial charge is 0.354 e. The van der Waals surface area contributed by atoms with E-state index in [2.05, 4.69) is 20.9 Å². The van der Waals surface area contributed by atoms with E-state index < -0.39 is 11.7 Å². The van der Waals surface area contributed by atoms with Crippen molar-refractivity contribution in [2.24, 2.45) is 0 Å². The number of fused-ring (bicyclic) bond motifs is 3. The second-order valence-electron chi connectivity index (χ2n) is 8.85. The van der Waals surface area contributed by atoms with Gasteiger partial charge in [-0.25, -0.2) is 0 Å². The molecule has 0 radical (unpaired) electrons. The normalized spacial score (nSPS) is 19.1. The van der Waals surface area contributed by atoms with Crippen LogP contribution in [-0.2, 0) is 16.9 Å². The summed E-state index contributed by atoms with van der Waals surface area (Å²) in [5.74, 6) is -0.00930. The number of halogens is 1. The highest BCUT2D eigenvalue weighted by Gasteiger charge is 2.48. The maximum Gasteiger partial charge on any atom is 0.198 e. The van der Waals surface area contributed by atoms with E-state index in [4.69, 9.17) is 16.3 Å². The van der Waals surface area contributed by atoms with Crippen LogP contribution in [0.1, 0.15) is 46.1 Å². The Morgan fingerprint density at radius 2 is 1.94 bits per heavy atom. The number of Topliss-reactive ketones (excluding diaryl/α,β-unsaturated/α-hetero) is 1. The summed E-state index contributed by atoms with van der Waals surface area (Å²) in [6, 6.07) is 19.7. The molecule has 0 amide bonds. The Morgan fingerprint density at radius 1 is 1.12 bits per heavy atom. The molecular formula is C27H24ClN3O2. The van der Waals surface area contributed by atoms with Crippen molar-refractivity contribution in [2.75, 3.05) is 13.1 Å². The molecule has 5 nitrogen and oxygen atoms in total. The van der Waals surface area contributed by atoms with E-state index in [9.17, 15) is 4.79 Å². The first kappa shape index (κ1) is 20.6. The van der Waals surface area contributed by atoms with Gasteiger partial charge in [-0.3, -0.25) is 9.78 Å². The summed E-state index contributed by atoms with van der Waals surface area (Å²) in [4.78, 5) is 18.5. The lowest BCUT2D eigenvalue weighted by Gasteiger charge is -2.34. The molecule has 0 bridgehead atoms. The molecule has 1 N–H and O–H groups in total. The fraction of sp³-hybridized carbons (Fsp3) is 0.259. The molecule has 2 aliphatic rings. The molecule has 6 rings (SSSR count). The number of aromatic nitrogens is 2. The number of ketones is 1. The monoisotopic (exact) mass is 457 g/mol. The Hall–Kier alpha value is -2.99. The van der Waals surface area contributed by atoms with Crippen LogP contribution in [0, 0.1) is 0 Å². The summed E-state index contributed by atoms with van der Waals surface area (Å²) in [6.45, 7) is 2.33. The van der Waals surface area contributed by atoms with E-state index in [0.717, 1.165) is 53.7 Å². The highest BCUT2D eigenvalue weighted by atomic mass is 35.5. The quantitative estimate of drug-likeness (QED) is 0.424. The Balaban J connectivity index is 1.43. The van der Waals surface area contributed by atoms with Gasteiger partial charge in [-0.1, -0.05) is 48.0 Å². The molecule has 2 aromatic carbocycles. The van der Waals surface area contributed by atoms with Crippen LogP contribution in [0.3, 0.4) is 0 Å². The molecule has 6 heteroatoms. The van der Waals surface area contributed by atoms with E-state index in [0.29, 0.717) is 17.1 Å². The molecule has 4 heterocycles. The van der Waals surface area contributed by atoms with Crippen LogP contribution >= 0.6 is 11.6 Å². The van der Waals surface area contributed by atoms with Gasteiger partial charge >= 0.3 is 0 Å².